The highest BCUT2D eigenvalue weighted by molar-refractivity contribution is 7.90. The molecule has 5 aromatic rings. The quantitative estimate of drug-likeness (QED) is 0.305. The lowest BCUT2D eigenvalue weighted by molar-refractivity contribution is 0.0954. The van der Waals surface area contributed by atoms with Crippen molar-refractivity contribution in [2.45, 2.75) is 17.1 Å². The van der Waals surface area contributed by atoms with Gasteiger partial charge >= 0.3 is 0 Å². The molecule has 0 spiro atoms. The van der Waals surface area contributed by atoms with Gasteiger partial charge in [0.15, 0.2) is 9.84 Å². The van der Waals surface area contributed by atoms with Crippen LogP contribution in [0.4, 0.5) is 4.39 Å². The van der Waals surface area contributed by atoms with Crippen LogP contribution < -0.4 is 5.32 Å². The van der Waals surface area contributed by atoms with Gasteiger partial charge in [0.05, 0.1) is 27.4 Å². The number of nitrogens with zero attached hydrogens (tertiary/aromatic N) is 3. The van der Waals surface area contributed by atoms with E-state index in [9.17, 15) is 17.6 Å². The van der Waals surface area contributed by atoms with Crippen LogP contribution in [0, 0.1) is 17.7 Å². The number of aryl methyl sites for hydroxylation is 1. The molecule has 0 atom stereocenters. The van der Waals surface area contributed by atoms with E-state index in [0.717, 1.165) is 16.9 Å². The van der Waals surface area contributed by atoms with Gasteiger partial charge in [0.1, 0.15) is 11.6 Å². The first kappa shape index (κ1) is 25.9. The molecule has 39 heavy (non-hydrogen) atoms. The molecule has 3 aromatic carbocycles. The van der Waals surface area contributed by atoms with Gasteiger partial charge in [-0.15, -0.1) is 0 Å². The molecule has 0 radical (unpaired) electrons. The number of sulfone groups is 1. The molecule has 0 fully saturated rings. The Balaban J connectivity index is 1.38. The summed E-state index contributed by atoms with van der Waals surface area (Å²) in [5.74, 6) is 5.39. The molecule has 2 heterocycles. The maximum atomic E-state index is 13.3. The number of aromatic nitrogens is 4. The number of halogens is 1. The molecule has 2 aromatic heterocycles. The number of hydrogen-bond acceptors (Lipinski definition) is 5. The van der Waals surface area contributed by atoms with Crippen LogP contribution >= 0.6 is 0 Å². The molecule has 0 unspecified atom stereocenters. The summed E-state index contributed by atoms with van der Waals surface area (Å²) in [6.07, 6.45) is 2.16. The summed E-state index contributed by atoms with van der Waals surface area (Å²) in [6, 6.07) is 19.2. The minimum Gasteiger partial charge on any atom is -0.352 e. The maximum Gasteiger partial charge on any atom is 0.251 e. The number of benzene rings is 3. The van der Waals surface area contributed by atoms with Crippen molar-refractivity contribution >= 4 is 26.8 Å². The summed E-state index contributed by atoms with van der Waals surface area (Å²) in [7, 11) is -2.13. The summed E-state index contributed by atoms with van der Waals surface area (Å²) in [6.45, 7) is 0.328. The fourth-order valence-corrected chi connectivity index (χ4v) is 5.47. The third-order valence-corrected chi connectivity index (χ3v) is 7.66. The molecule has 0 aliphatic heterocycles. The van der Waals surface area contributed by atoms with E-state index in [2.05, 4.69) is 32.2 Å². The van der Waals surface area contributed by atoms with Crippen molar-refractivity contribution in [3.05, 3.63) is 113 Å². The molecule has 0 aliphatic rings. The summed E-state index contributed by atoms with van der Waals surface area (Å²) < 4.78 is 41.4. The molecule has 0 saturated heterocycles. The van der Waals surface area contributed by atoms with E-state index < -0.39 is 15.7 Å². The van der Waals surface area contributed by atoms with Gasteiger partial charge in [0.25, 0.3) is 5.91 Å². The Morgan fingerprint density at radius 2 is 1.85 bits per heavy atom. The summed E-state index contributed by atoms with van der Waals surface area (Å²) in [5, 5.41) is 7.01. The standard InChI is InChI=1S/C29H24FN5O3S/c1-35-17-15-24(34-35)19-39(37,38)27-13-10-22(18-21(27)9-6-20-7-11-23(30)12-8-20)29(36)31-16-14-28-32-25-4-2-3-5-26(25)33-28/h2-5,7-8,10-13,15,17-18H,14,16,19H2,1H3,(H,31,36)(H,32,33). The van der Waals surface area contributed by atoms with Crippen LogP contribution in [0.1, 0.15) is 33.0 Å². The van der Waals surface area contributed by atoms with E-state index in [4.69, 9.17) is 0 Å². The lowest BCUT2D eigenvalue weighted by Gasteiger charge is -2.09. The van der Waals surface area contributed by atoms with Gasteiger partial charge in [-0.3, -0.25) is 9.48 Å². The van der Waals surface area contributed by atoms with Crippen LogP contribution in [0.25, 0.3) is 11.0 Å². The number of amides is 1. The van der Waals surface area contributed by atoms with Crippen molar-refractivity contribution in [2.24, 2.45) is 7.05 Å². The molecular weight excluding hydrogens is 517 g/mol. The lowest BCUT2D eigenvalue weighted by atomic mass is 10.1. The van der Waals surface area contributed by atoms with Crippen molar-refractivity contribution in [1.29, 1.82) is 0 Å². The Labute approximate surface area is 224 Å². The first-order chi connectivity index (χ1) is 18.8. The molecule has 5 rings (SSSR count). The Bertz CT molecular complexity index is 1800. The highest BCUT2D eigenvalue weighted by Gasteiger charge is 2.22. The number of hydrogen-bond donors (Lipinski definition) is 2. The Morgan fingerprint density at radius 3 is 2.59 bits per heavy atom. The smallest absolute Gasteiger partial charge is 0.251 e. The number of nitrogens with one attached hydrogen (secondary N) is 2. The molecule has 196 valence electrons. The van der Waals surface area contributed by atoms with Crippen LogP contribution in [0.15, 0.2) is 83.9 Å². The van der Waals surface area contributed by atoms with Crippen molar-refractivity contribution < 1.29 is 17.6 Å². The number of H-pyrrole nitrogens is 1. The van der Waals surface area contributed by atoms with Crippen molar-refractivity contribution in [1.82, 2.24) is 25.1 Å². The van der Waals surface area contributed by atoms with Crippen LogP contribution in [-0.2, 0) is 29.1 Å². The van der Waals surface area contributed by atoms with Crippen LogP contribution in [-0.4, -0.2) is 40.6 Å². The minimum atomic E-state index is -3.83. The van der Waals surface area contributed by atoms with Gasteiger partial charge in [-0.25, -0.2) is 17.8 Å². The SMILES string of the molecule is Cn1ccc(CS(=O)(=O)c2ccc(C(=O)NCCc3nc4ccccc4[nH]3)cc2C#Cc2ccc(F)cc2)n1. The number of aromatic amines is 1. The average molecular weight is 542 g/mol. The van der Waals surface area contributed by atoms with Gasteiger partial charge in [-0.1, -0.05) is 24.0 Å². The fourth-order valence-electron chi connectivity index (χ4n) is 4.05. The minimum absolute atomic E-state index is 0.0124. The van der Waals surface area contributed by atoms with Gasteiger partial charge < -0.3 is 10.3 Å². The fraction of sp³-hybridized carbons (Fsp3) is 0.138. The van der Waals surface area contributed by atoms with E-state index in [1.807, 2.05) is 24.3 Å². The number of carbonyl (C=O) groups excluding carboxylic acids is 1. The zero-order valence-corrected chi connectivity index (χ0v) is 21.8. The average Bonchev–Trinajstić information content (AvgIpc) is 3.52. The van der Waals surface area contributed by atoms with Crippen molar-refractivity contribution in [3.63, 3.8) is 0 Å². The molecule has 0 saturated carbocycles. The summed E-state index contributed by atoms with van der Waals surface area (Å²) in [5.41, 5.74) is 3.10. The molecule has 8 nitrogen and oxygen atoms in total. The van der Waals surface area contributed by atoms with Gasteiger partial charge in [-0.05, 0) is 60.7 Å². The second kappa shape index (κ2) is 10.9. The number of carbonyl (C=O) groups is 1. The topological polar surface area (TPSA) is 110 Å². The van der Waals surface area contributed by atoms with E-state index in [0.29, 0.717) is 24.2 Å². The van der Waals surface area contributed by atoms with E-state index in [-0.39, 0.29) is 27.7 Å². The van der Waals surface area contributed by atoms with E-state index >= 15 is 0 Å². The highest BCUT2D eigenvalue weighted by atomic mass is 32.2. The number of fused-ring (bicyclic) bond motifs is 1. The Hall–Kier alpha value is -4.75. The lowest BCUT2D eigenvalue weighted by Crippen LogP contribution is -2.26. The largest absolute Gasteiger partial charge is 0.352 e. The summed E-state index contributed by atoms with van der Waals surface area (Å²) >= 11 is 0. The molecule has 1 amide bonds. The first-order valence-corrected chi connectivity index (χ1v) is 13.8. The second-order valence-electron chi connectivity index (χ2n) is 8.91. The van der Waals surface area contributed by atoms with Crippen molar-refractivity contribution in [3.8, 4) is 11.8 Å². The third-order valence-electron chi connectivity index (χ3n) is 5.96. The predicted octanol–water partition coefficient (Wildman–Crippen LogP) is 3.78. The predicted molar refractivity (Wildman–Crippen MR) is 145 cm³/mol. The van der Waals surface area contributed by atoms with Gasteiger partial charge in [0.2, 0.25) is 0 Å². The number of rotatable bonds is 7. The Morgan fingerprint density at radius 1 is 1.05 bits per heavy atom. The zero-order valence-electron chi connectivity index (χ0n) is 21.0. The van der Waals surface area contributed by atoms with Crippen LogP contribution in [0.3, 0.4) is 0 Å². The monoisotopic (exact) mass is 541 g/mol. The van der Waals surface area contributed by atoms with Gasteiger partial charge in [0, 0.05) is 42.9 Å². The first-order valence-electron chi connectivity index (χ1n) is 12.1. The van der Waals surface area contributed by atoms with E-state index in [1.54, 1.807) is 19.3 Å². The molecular formula is C29H24FN5O3S. The second-order valence-corrected chi connectivity index (χ2v) is 10.9. The molecule has 10 heteroatoms. The molecule has 0 aliphatic carbocycles. The van der Waals surface area contributed by atoms with Crippen molar-refractivity contribution in [2.75, 3.05) is 6.54 Å². The zero-order chi connectivity index (χ0) is 27.4. The summed E-state index contributed by atoms with van der Waals surface area (Å²) in [4.78, 5) is 20.6. The van der Waals surface area contributed by atoms with Crippen LogP contribution in [0.5, 0.6) is 0 Å². The highest BCUT2D eigenvalue weighted by Crippen LogP contribution is 2.22. The number of imidazole rings is 1. The maximum absolute atomic E-state index is 13.3. The van der Waals surface area contributed by atoms with E-state index in [1.165, 1.54) is 47.1 Å². The molecule has 2 N–H and O–H groups in total. The molecule has 0 bridgehead atoms. The normalized spacial score (nSPS) is 11.2. The van der Waals surface area contributed by atoms with Gasteiger partial charge in [-0.2, -0.15) is 5.10 Å². The number of para-hydroxylation sites is 2. The third kappa shape index (κ3) is 6.22. The van der Waals surface area contributed by atoms with Crippen LogP contribution in [0.2, 0.25) is 0 Å². The Kier molecular flexibility index (Phi) is 7.25.